The van der Waals surface area contributed by atoms with Crippen molar-refractivity contribution in [2.45, 2.75) is 25.7 Å². The Morgan fingerprint density at radius 2 is 1.27 bits per heavy atom. The molecule has 0 bridgehead atoms. The van der Waals surface area contributed by atoms with Crippen LogP contribution >= 0.6 is 0 Å². The maximum atomic E-state index is 8.63. The number of hydrogen-bond donors (Lipinski definition) is 1. The molecule has 0 aliphatic heterocycles. The van der Waals surface area contributed by atoms with E-state index in [1.54, 1.807) is 35.4 Å². The first kappa shape index (κ1) is 18.5. The standard InChI is InChI=1S/C18H16.C6H6O.Se/c1-3-7-15-13(5-1)9-11-18-16-8-4-2-6-14(16)10-12-17(15)18;7-6-4-2-1-3-5-6;/h1,3,5,7,9-12H,2,4,6,8H2;1-5,7H;. The van der Waals surface area contributed by atoms with Gasteiger partial charge in [0, 0.05) is 17.1 Å². The second-order valence-electron chi connectivity index (χ2n) is 6.63. The number of aryl methyl sites for hydroxylation is 2. The van der Waals surface area contributed by atoms with E-state index in [4.69, 9.17) is 5.11 Å². The van der Waals surface area contributed by atoms with Gasteiger partial charge in [-0.1, -0.05) is 66.7 Å². The van der Waals surface area contributed by atoms with Crippen molar-refractivity contribution < 1.29 is 5.11 Å². The predicted octanol–water partition coefficient (Wildman–Crippen LogP) is 5.88. The number of para-hydroxylation sites is 1. The van der Waals surface area contributed by atoms with Gasteiger partial charge in [0.1, 0.15) is 5.75 Å². The zero-order valence-corrected chi connectivity index (χ0v) is 16.4. The van der Waals surface area contributed by atoms with E-state index < -0.39 is 0 Å². The largest absolute Gasteiger partial charge is 0.508 e. The van der Waals surface area contributed by atoms with Crippen LogP contribution in [0.5, 0.6) is 5.75 Å². The van der Waals surface area contributed by atoms with Gasteiger partial charge in [0.2, 0.25) is 0 Å². The van der Waals surface area contributed by atoms with Gasteiger partial charge in [-0.2, -0.15) is 0 Å². The molecule has 0 spiro atoms. The molecule has 4 aromatic carbocycles. The van der Waals surface area contributed by atoms with Gasteiger partial charge in [-0.3, -0.25) is 0 Å². The van der Waals surface area contributed by atoms with Crippen molar-refractivity contribution >= 4 is 38.6 Å². The number of hydrogen-bond acceptors (Lipinski definition) is 1. The maximum Gasteiger partial charge on any atom is 0.115 e. The van der Waals surface area contributed by atoms with E-state index >= 15 is 0 Å². The number of aromatic hydroxyl groups is 1. The number of rotatable bonds is 0. The monoisotopic (exact) mass is 406 g/mol. The molecule has 0 heterocycles. The van der Waals surface area contributed by atoms with Gasteiger partial charge in [0.15, 0.2) is 0 Å². The molecule has 1 aliphatic carbocycles. The summed E-state index contributed by atoms with van der Waals surface area (Å²) >= 11 is 0. The minimum Gasteiger partial charge on any atom is -0.508 e. The summed E-state index contributed by atoms with van der Waals surface area (Å²) < 4.78 is 0. The van der Waals surface area contributed by atoms with Crippen LogP contribution < -0.4 is 0 Å². The van der Waals surface area contributed by atoms with Crippen LogP contribution in [0.2, 0.25) is 0 Å². The van der Waals surface area contributed by atoms with Crippen LogP contribution in [0.4, 0.5) is 0 Å². The fourth-order valence-electron chi connectivity index (χ4n) is 3.77. The summed E-state index contributed by atoms with van der Waals surface area (Å²) in [5.41, 5.74) is 3.17. The molecule has 0 unspecified atom stereocenters. The third kappa shape index (κ3) is 3.77. The third-order valence-corrected chi connectivity index (χ3v) is 5.01. The molecular formula is C24H22OSe. The Morgan fingerprint density at radius 3 is 2.04 bits per heavy atom. The second-order valence-corrected chi connectivity index (χ2v) is 6.63. The molecule has 1 nitrogen and oxygen atoms in total. The zero-order chi connectivity index (χ0) is 17.1. The fraction of sp³-hybridized carbons (Fsp3) is 0.167. The Kier molecular flexibility index (Phi) is 5.98. The molecule has 0 fully saturated rings. The molecule has 2 heteroatoms. The molecule has 2 radical (unpaired) electrons. The van der Waals surface area contributed by atoms with E-state index in [9.17, 15) is 0 Å². The van der Waals surface area contributed by atoms with E-state index in [-0.39, 0.29) is 17.1 Å². The first-order valence-electron chi connectivity index (χ1n) is 8.99. The molecule has 0 saturated heterocycles. The van der Waals surface area contributed by atoms with Crippen molar-refractivity contribution in [3.63, 3.8) is 0 Å². The van der Waals surface area contributed by atoms with Crippen LogP contribution in [0.15, 0.2) is 78.9 Å². The Morgan fingerprint density at radius 1 is 0.577 bits per heavy atom. The van der Waals surface area contributed by atoms with Crippen molar-refractivity contribution in [3.05, 3.63) is 90.0 Å². The summed E-state index contributed by atoms with van der Waals surface area (Å²) in [4.78, 5) is 0. The first-order chi connectivity index (χ1) is 12.3. The SMILES string of the molecule is Oc1ccccc1.[Se].c1ccc2c(c1)ccc1c3c(ccc12)CCCC3. The zero-order valence-electron chi connectivity index (χ0n) is 14.7. The topological polar surface area (TPSA) is 20.2 Å². The molecular weight excluding hydrogens is 383 g/mol. The average molecular weight is 405 g/mol. The van der Waals surface area contributed by atoms with Gasteiger partial charge in [-0.15, -0.1) is 0 Å². The third-order valence-electron chi connectivity index (χ3n) is 5.01. The van der Waals surface area contributed by atoms with E-state index in [0.29, 0.717) is 5.75 Å². The molecule has 130 valence electrons. The Hall–Kier alpha value is -2.28. The molecule has 26 heavy (non-hydrogen) atoms. The van der Waals surface area contributed by atoms with Gasteiger partial charge >= 0.3 is 0 Å². The molecule has 0 saturated carbocycles. The molecule has 5 rings (SSSR count). The number of phenols is 1. The van der Waals surface area contributed by atoms with Crippen molar-refractivity contribution in [2.75, 3.05) is 0 Å². The van der Waals surface area contributed by atoms with Gasteiger partial charge in [0.05, 0.1) is 0 Å². The van der Waals surface area contributed by atoms with E-state index in [1.807, 2.05) is 6.07 Å². The first-order valence-corrected chi connectivity index (χ1v) is 8.99. The number of phenolic OH excluding ortho intramolecular Hbond substituents is 1. The average Bonchev–Trinajstić information content (AvgIpc) is 2.68. The van der Waals surface area contributed by atoms with Gasteiger partial charge in [-0.05, 0) is 70.5 Å². The van der Waals surface area contributed by atoms with Crippen molar-refractivity contribution in [1.82, 2.24) is 0 Å². The Balaban J connectivity index is 0.000000210. The molecule has 1 N–H and O–H groups in total. The van der Waals surface area contributed by atoms with Gasteiger partial charge < -0.3 is 5.11 Å². The number of benzene rings is 4. The van der Waals surface area contributed by atoms with Crippen LogP contribution in [-0.4, -0.2) is 22.2 Å². The van der Waals surface area contributed by atoms with Crippen LogP contribution in [0.1, 0.15) is 24.0 Å². The maximum absolute atomic E-state index is 8.63. The van der Waals surface area contributed by atoms with E-state index in [0.717, 1.165) is 0 Å². The summed E-state index contributed by atoms with van der Waals surface area (Å²) in [6, 6.07) is 26.7. The van der Waals surface area contributed by atoms with Crippen molar-refractivity contribution in [1.29, 1.82) is 0 Å². The summed E-state index contributed by atoms with van der Waals surface area (Å²) in [6.07, 6.45) is 5.22. The molecule has 0 atom stereocenters. The van der Waals surface area contributed by atoms with Crippen LogP contribution in [0.3, 0.4) is 0 Å². The molecule has 1 aliphatic rings. The van der Waals surface area contributed by atoms with Gasteiger partial charge in [0.25, 0.3) is 0 Å². The minimum atomic E-state index is 0. The molecule has 0 amide bonds. The normalized spacial score (nSPS) is 12.6. The van der Waals surface area contributed by atoms with E-state index in [2.05, 4.69) is 48.5 Å². The van der Waals surface area contributed by atoms with E-state index in [1.165, 1.54) is 47.2 Å². The summed E-state index contributed by atoms with van der Waals surface area (Å²) in [5.74, 6) is 0.322. The smallest absolute Gasteiger partial charge is 0.115 e. The summed E-state index contributed by atoms with van der Waals surface area (Å²) in [7, 11) is 0. The fourth-order valence-corrected chi connectivity index (χ4v) is 3.77. The Bertz CT molecular complexity index is 1010. The van der Waals surface area contributed by atoms with Gasteiger partial charge in [-0.25, -0.2) is 0 Å². The van der Waals surface area contributed by atoms with Crippen molar-refractivity contribution in [2.24, 2.45) is 0 Å². The van der Waals surface area contributed by atoms with Crippen LogP contribution in [0, 0.1) is 0 Å². The molecule has 0 aromatic heterocycles. The minimum absolute atomic E-state index is 0. The summed E-state index contributed by atoms with van der Waals surface area (Å²) in [5, 5.41) is 14.3. The van der Waals surface area contributed by atoms with Crippen molar-refractivity contribution in [3.8, 4) is 5.75 Å². The quantitative estimate of drug-likeness (QED) is 0.286. The summed E-state index contributed by atoms with van der Waals surface area (Å²) in [6.45, 7) is 0. The van der Waals surface area contributed by atoms with Crippen LogP contribution in [-0.2, 0) is 12.8 Å². The second kappa shape index (κ2) is 8.40. The number of fused-ring (bicyclic) bond motifs is 5. The van der Waals surface area contributed by atoms with Crippen LogP contribution in [0.25, 0.3) is 21.5 Å². The predicted molar refractivity (Wildman–Crippen MR) is 112 cm³/mol. The molecule has 4 aromatic rings. The Labute approximate surface area is 165 Å².